The number of ether oxygens (including phenoxy) is 1. The van der Waals surface area contributed by atoms with E-state index in [1.165, 1.54) is 15.4 Å². The molecule has 68 valence electrons. The molecule has 0 heterocycles. The van der Waals surface area contributed by atoms with E-state index in [4.69, 9.17) is 4.74 Å². The second-order valence-corrected chi connectivity index (χ2v) is 3.59. The van der Waals surface area contributed by atoms with E-state index in [2.05, 4.69) is 24.3 Å². The Morgan fingerprint density at radius 1 is 1.08 bits per heavy atom. The highest BCUT2D eigenvalue weighted by Gasteiger charge is 1.72. The van der Waals surface area contributed by atoms with Gasteiger partial charge in [-0.15, -0.1) is 0 Å². The summed E-state index contributed by atoms with van der Waals surface area (Å²) in [5.74, 6) is 0. The van der Waals surface area contributed by atoms with Crippen LogP contribution in [-0.4, -0.2) is 23.5 Å². The summed E-state index contributed by atoms with van der Waals surface area (Å²) in [6.07, 6.45) is 0. The molecule has 0 bridgehead atoms. The summed E-state index contributed by atoms with van der Waals surface area (Å²) in [7, 11) is 1.17. The minimum Gasteiger partial charge on any atom is -0.382 e. The van der Waals surface area contributed by atoms with E-state index in [9.17, 15) is 0 Å². The minimum atomic E-state index is 0.844. The smallest absolute Gasteiger partial charge is 0.0437 e. The Kier molecular flexibility index (Phi) is 8.07. The lowest BCUT2D eigenvalue weighted by atomic mass is 10.4. The first-order chi connectivity index (χ1) is 5.81. The molecular formula is C10H18OSi. The zero-order valence-corrected chi connectivity index (χ0v) is 10.2. The quantitative estimate of drug-likeness (QED) is 0.613. The highest BCUT2D eigenvalue weighted by atomic mass is 28.1. The molecule has 2 heteroatoms. The van der Waals surface area contributed by atoms with Crippen LogP contribution < -0.4 is 5.19 Å². The number of hydrogen-bond donors (Lipinski definition) is 0. The summed E-state index contributed by atoms with van der Waals surface area (Å²) in [5, 5.41) is 1.46. The number of hydrogen-bond acceptors (Lipinski definition) is 1. The fourth-order valence-corrected chi connectivity index (χ4v) is 1.12. The maximum absolute atomic E-state index is 4.83. The first kappa shape index (κ1) is 11.4. The van der Waals surface area contributed by atoms with Gasteiger partial charge in [0, 0.05) is 23.5 Å². The maximum Gasteiger partial charge on any atom is 0.0437 e. The first-order valence-electron chi connectivity index (χ1n) is 4.40. The van der Waals surface area contributed by atoms with Gasteiger partial charge in [-0.1, -0.05) is 35.5 Å². The molecule has 0 aliphatic heterocycles. The fourth-order valence-electron chi connectivity index (χ4n) is 0.739. The van der Waals surface area contributed by atoms with E-state index in [1.807, 2.05) is 19.9 Å². The van der Waals surface area contributed by atoms with Gasteiger partial charge in [0.2, 0.25) is 0 Å². The molecule has 1 aromatic carbocycles. The van der Waals surface area contributed by atoms with E-state index in [0.717, 1.165) is 13.2 Å². The predicted molar refractivity (Wildman–Crippen MR) is 58.2 cm³/mol. The van der Waals surface area contributed by atoms with Crippen molar-refractivity contribution in [1.82, 2.24) is 0 Å². The maximum atomic E-state index is 4.83. The van der Waals surface area contributed by atoms with Gasteiger partial charge in [-0.05, 0) is 13.8 Å². The molecule has 0 amide bonds. The van der Waals surface area contributed by atoms with Gasteiger partial charge in [-0.3, -0.25) is 0 Å². The van der Waals surface area contributed by atoms with Crippen LogP contribution in [0.25, 0.3) is 0 Å². The molecule has 0 spiro atoms. The molecule has 0 aromatic heterocycles. The van der Waals surface area contributed by atoms with Crippen molar-refractivity contribution in [3.8, 4) is 0 Å². The average Bonchev–Trinajstić information content (AvgIpc) is 2.08. The van der Waals surface area contributed by atoms with Gasteiger partial charge in [0.1, 0.15) is 0 Å². The third kappa shape index (κ3) is 7.50. The monoisotopic (exact) mass is 182 g/mol. The minimum absolute atomic E-state index is 0.844. The van der Waals surface area contributed by atoms with Gasteiger partial charge in [0.15, 0.2) is 0 Å². The van der Waals surface area contributed by atoms with Gasteiger partial charge in [0.05, 0.1) is 0 Å². The van der Waals surface area contributed by atoms with Gasteiger partial charge in [0.25, 0.3) is 0 Å². The summed E-state index contributed by atoms with van der Waals surface area (Å²) in [5.41, 5.74) is 0. The van der Waals surface area contributed by atoms with Crippen LogP contribution in [-0.2, 0) is 4.74 Å². The lowest BCUT2D eigenvalue weighted by Gasteiger charge is -1.86. The van der Waals surface area contributed by atoms with Crippen LogP contribution in [0.1, 0.15) is 13.8 Å². The second kappa shape index (κ2) is 8.49. The van der Waals surface area contributed by atoms with Crippen molar-refractivity contribution in [2.24, 2.45) is 0 Å². The summed E-state index contributed by atoms with van der Waals surface area (Å²) < 4.78 is 4.83. The molecule has 0 radical (unpaired) electrons. The molecule has 1 aromatic rings. The zero-order valence-electron chi connectivity index (χ0n) is 8.21. The molecule has 0 aliphatic rings. The van der Waals surface area contributed by atoms with Crippen LogP contribution in [0, 0.1) is 0 Å². The summed E-state index contributed by atoms with van der Waals surface area (Å²) in [6.45, 7) is 5.67. The van der Waals surface area contributed by atoms with Gasteiger partial charge < -0.3 is 4.74 Å². The van der Waals surface area contributed by atoms with Crippen molar-refractivity contribution in [3.05, 3.63) is 30.3 Å². The van der Waals surface area contributed by atoms with Crippen LogP contribution in [0.3, 0.4) is 0 Å². The van der Waals surface area contributed by atoms with E-state index < -0.39 is 0 Å². The SMILES string of the molecule is CCOCC.[SiH3]c1ccccc1. The molecule has 0 saturated heterocycles. The Balaban J connectivity index is 0.000000217. The van der Waals surface area contributed by atoms with Crippen molar-refractivity contribution in [3.63, 3.8) is 0 Å². The Morgan fingerprint density at radius 3 is 1.75 bits per heavy atom. The van der Waals surface area contributed by atoms with Crippen molar-refractivity contribution in [2.45, 2.75) is 13.8 Å². The largest absolute Gasteiger partial charge is 0.382 e. The highest BCUT2D eigenvalue weighted by molar-refractivity contribution is 6.32. The van der Waals surface area contributed by atoms with Gasteiger partial charge in [-0.2, -0.15) is 0 Å². The molecule has 0 atom stereocenters. The molecule has 12 heavy (non-hydrogen) atoms. The van der Waals surface area contributed by atoms with Gasteiger partial charge in [-0.25, -0.2) is 0 Å². The normalized spacial score (nSPS) is 8.83. The van der Waals surface area contributed by atoms with Crippen molar-refractivity contribution in [2.75, 3.05) is 13.2 Å². The van der Waals surface area contributed by atoms with Crippen molar-refractivity contribution < 1.29 is 4.74 Å². The molecule has 0 fully saturated rings. The van der Waals surface area contributed by atoms with Crippen LogP contribution >= 0.6 is 0 Å². The molecule has 0 unspecified atom stereocenters. The molecule has 0 aliphatic carbocycles. The Labute approximate surface area is 78.2 Å². The lowest BCUT2D eigenvalue weighted by molar-refractivity contribution is 0.162. The van der Waals surface area contributed by atoms with E-state index in [-0.39, 0.29) is 0 Å². The van der Waals surface area contributed by atoms with Crippen molar-refractivity contribution in [1.29, 1.82) is 0 Å². The second-order valence-electron chi connectivity index (χ2n) is 2.44. The van der Waals surface area contributed by atoms with Gasteiger partial charge >= 0.3 is 0 Å². The topological polar surface area (TPSA) is 9.23 Å². The summed E-state index contributed by atoms with van der Waals surface area (Å²) >= 11 is 0. The summed E-state index contributed by atoms with van der Waals surface area (Å²) in [6, 6.07) is 10.5. The standard InChI is InChI=1S/C6H8Si.C4H10O/c7-6-4-2-1-3-5-6;1-3-5-4-2/h1-5H,7H3;3-4H2,1-2H3. The predicted octanol–water partition coefficient (Wildman–Crippen LogP) is 0.720. The van der Waals surface area contributed by atoms with E-state index in [0.29, 0.717) is 0 Å². The lowest BCUT2D eigenvalue weighted by Crippen LogP contribution is -1.97. The number of rotatable bonds is 2. The van der Waals surface area contributed by atoms with Crippen LogP contribution in [0.5, 0.6) is 0 Å². The van der Waals surface area contributed by atoms with Crippen LogP contribution in [0.15, 0.2) is 30.3 Å². The molecule has 0 N–H and O–H groups in total. The van der Waals surface area contributed by atoms with Crippen LogP contribution in [0.2, 0.25) is 0 Å². The Bertz CT molecular complexity index is 172. The van der Waals surface area contributed by atoms with Crippen LogP contribution in [0.4, 0.5) is 0 Å². The summed E-state index contributed by atoms with van der Waals surface area (Å²) in [4.78, 5) is 0. The average molecular weight is 182 g/mol. The molecular weight excluding hydrogens is 164 g/mol. The van der Waals surface area contributed by atoms with Crippen molar-refractivity contribution >= 4 is 15.4 Å². The zero-order chi connectivity index (χ0) is 9.23. The molecule has 1 nitrogen and oxygen atoms in total. The fraction of sp³-hybridized carbons (Fsp3) is 0.400. The Morgan fingerprint density at radius 2 is 1.58 bits per heavy atom. The molecule has 0 saturated carbocycles. The van der Waals surface area contributed by atoms with E-state index >= 15 is 0 Å². The third-order valence-electron chi connectivity index (χ3n) is 1.35. The Hall–Kier alpha value is -0.603. The third-order valence-corrected chi connectivity index (χ3v) is 2.02. The number of benzene rings is 1. The first-order valence-corrected chi connectivity index (χ1v) is 5.40. The molecule has 1 rings (SSSR count). The van der Waals surface area contributed by atoms with E-state index in [1.54, 1.807) is 0 Å². The highest BCUT2D eigenvalue weighted by Crippen LogP contribution is 1.76.